The Morgan fingerprint density at radius 2 is 1.93 bits per heavy atom. The lowest BCUT2D eigenvalue weighted by Crippen LogP contribution is -2.56. The van der Waals surface area contributed by atoms with E-state index < -0.39 is 41.4 Å². The summed E-state index contributed by atoms with van der Waals surface area (Å²) in [6.45, 7) is 3.32. The van der Waals surface area contributed by atoms with Crippen molar-refractivity contribution in [2.75, 3.05) is 31.2 Å². The number of halogens is 3. The van der Waals surface area contributed by atoms with Crippen LogP contribution in [0.2, 0.25) is 0 Å². The highest BCUT2D eigenvalue weighted by atomic mass is 19.4. The maximum atomic E-state index is 14.1. The molecule has 1 aromatic heterocycles. The number of benzene rings is 1. The Labute approximate surface area is 246 Å². The molecule has 13 heteroatoms. The standard InChI is InChI=1S/C30H31F3N6O4/c1-2-37-27-23(25(29(42)38-12-4-7-21(38)16-34)36-39(27)20-10-13-43-14-11-20)22(17-8-9-17)24(28(37)41)35-26(40)18-5-3-6-19(15-18)30(31,32)33/h3,5-7,15,17,20,22,24H,2,4,8-14H2,1H3,(H,35,40)/t22-,24-/m0/s1. The van der Waals surface area contributed by atoms with Crippen LogP contribution in [-0.2, 0) is 15.7 Å². The number of allylic oxidation sites excluding steroid dienone is 1. The molecule has 3 amide bonds. The first-order valence-corrected chi connectivity index (χ1v) is 14.6. The smallest absolute Gasteiger partial charge is 0.381 e. The van der Waals surface area contributed by atoms with Gasteiger partial charge in [0.25, 0.3) is 17.7 Å². The SMILES string of the molecule is CCN1C(=O)[C@@H](NC(=O)c2cccc(C(F)(F)F)c2)[C@@H](C2CC2)c2c(C(=O)N3CCC=C3C#N)nn(C3CCOCC3)c21. The van der Waals surface area contributed by atoms with Gasteiger partial charge in [-0.05, 0) is 69.2 Å². The molecular formula is C30H31F3N6O4. The highest BCUT2D eigenvalue weighted by Crippen LogP contribution is 2.52. The topological polar surface area (TPSA) is 121 Å². The molecule has 6 rings (SSSR count). The highest BCUT2D eigenvalue weighted by molar-refractivity contribution is 6.07. The average Bonchev–Trinajstić information content (AvgIpc) is 3.59. The quantitative estimate of drug-likeness (QED) is 0.535. The molecule has 3 aliphatic heterocycles. The molecule has 4 aliphatic rings. The van der Waals surface area contributed by atoms with E-state index >= 15 is 0 Å². The van der Waals surface area contributed by atoms with Gasteiger partial charge in [-0.25, -0.2) is 4.68 Å². The van der Waals surface area contributed by atoms with Crippen molar-refractivity contribution in [1.82, 2.24) is 20.0 Å². The molecule has 2 aromatic rings. The van der Waals surface area contributed by atoms with Crippen molar-refractivity contribution in [3.8, 4) is 6.07 Å². The number of nitrogens with zero attached hydrogens (tertiary/aromatic N) is 5. The lowest BCUT2D eigenvalue weighted by atomic mass is 9.82. The third-order valence-electron chi connectivity index (χ3n) is 8.67. The molecule has 4 heterocycles. The van der Waals surface area contributed by atoms with E-state index in [9.17, 15) is 32.8 Å². The van der Waals surface area contributed by atoms with E-state index in [1.807, 2.05) is 0 Å². The van der Waals surface area contributed by atoms with E-state index in [0.29, 0.717) is 50.4 Å². The Bertz CT molecular complexity index is 1530. The lowest BCUT2D eigenvalue weighted by molar-refractivity contribution is -0.137. The van der Waals surface area contributed by atoms with E-state index in [1.54, 1.807) is 17.7 Å². The van der Waals surface area contributed by atoms with Crippen molar-refractivity contribution in [1.29, 1.82) is 5.26 Å². The molecule has 10 nitrogen and oxygen atoms in total. The molecule has 43 heavy (non-hydrogen) atoms. The number of carbonyl (C=O) groups is 3. The Kier molecular flexibility index (Phi) is 7.50. The maximum Gasteiger partial charge on any atom is 0.416 e. The van der Waals surface area contributed by atoms with Gasteiger partial charge < -0.3 is 10.1 Å². The van der Waals surface area contributed by atoms with E-state index in [0.717, 1.165) is 31.0 Å². The van der Waals surface area contributed by atoms with Gasteiger partial charge in [0, 0.05) is 43.3 Å². The van der Waals surface area contributed by atoms with Crippen LogP contribution in [0.5, 0.6) is 0 Å². The van der Waals surface area contributed by atoms with Crippen molar-refractivity contribution in [2.45, 2.75) is 63.2 Å². The molecule has 1 aliphatic carbocycles. The molecule has 2 fully saturated rings. The second kappa shape index (κ2) is 11.1. The fourth-order valence-electron chi connectivity index (χ4n) is 6.44. The van der Waals surface area contributed by atoms with Crippen LogP contribution in [0, 0.1) is 17.2 Å². The van der Waals surface area contributed by atoms with Crippen molar-refractivity contribution < 1.29 is 32.3 Å². The molecule has 2 atom stereocenters. The van der Waals surface area contributed by atoms with E-state index in [-0.39, 0.29) is 35.5 Å². The number of hydrogen-bond donors (Lipinski definition) is 1. The summed E-state index contributed by atoms with van der Waals surface area (Å²) in [7, 11) is 0. The van der Waals surface area contributed by atoms with Crippen LogP contribution >= 0.6 is 0 Å². The third-order valence-corrected chi connectivity index (χ3v) is 8.67. The monoisotopic (exact) mass is 596 g/mol. The number of rotatable bonds is 6. The first-order chi connectivity index (χ1) is 20.6. The van der Waals surface area contributed by atoms with Crippen LogP contribution in [0.15, 0.2) is 36.0 Å². The van der Waals surface area contributed by atoms with Gasteiger partial charge in [0.1, 0.15) is 23.6 Å². The van der Waals surface area contributed by atoms with Crippen molar-refractivity contribution in [3.63, 3.8) is 0 Å². The number of likely N-dealkylation sites (N-methyl/N-ethyl adjacent to an activating group) is 1. The van der Waals surface area contributed by atoms with Gasteiger partial charge in [-0.1, -0.05) is 6.07 Å². The van der Waals surface area contributed by atoms with E-state index in [2.05, 4.69) is 11.4 Å². The zero-order chi connectivity index (χ0) is 30.5. The van der Waals surface area contributed by atoms with Gasteiger partial charge in [-0.3, -0.25) is 24.2 Å². The molecule has 1 saturated carbocycles. The zero-order valence-electron chi connectivity index (χ0n) is 23.6. The van der Waals surface area contributed by atoms with Crippen molar-refractivity contribution in [3.05, 3.63) is 58.4 Å². The van der Waals surface area contributed by atoms with Crippen LogP contribution in [0.25, 0.3) is 0 Å². The summed E-state index contributed by atoms with van der Waals surface area (Å²) in [5.41, 5.74) is -0.286. The molecule has 0 spiro atoms. The number of aromatic nitrogens is 2. The van der Waals surface area contributed by atoms with Gasteiger partial charge in [0.05, 0.1) is 11.6 Å². The minimum Gasteiger partial charge on any atom is -0.381 e. The summed E-state index contributed by atoms with van der Waals surface area (Å²) in [6.07, 6.45) is 0.346. The van der Waals surface area contributed by atoms with Gasteiger partial charge in [-0.2, -0.15) is 23.5 Å². The third kappa shape index (κ3) is 5.18. The lowest BCUT2D eigenvalue weighted by Gasteiger charge is -2.39. The molecule has 1 N–H and O–H groups in total. The Hall–Kier alpha value is -4.18. The number of carbonyl (C=O) groups excluding carboxylic acids is 3. The van der Waals surface area contributed by atoms with Crippen molar-refractivity contribution >= 4 is 23.5 Å². The summed E-state index contributed by atoms with van der Waals surface area (Å²) >= 11 is 0. The van der Waals surface area contributed by atoms with Gasteiger partial charge >= 0.3 is 6.18 Å². The molecule has 0 unspecified atom stereocenters. The van der Waals surface area contributed by atoms with E-state index in [1.165, 1.54) is 15.9 Å². The van der Waals surface area contributed by atoms with Crippen molar-refractivity contribution in [2.24, 2.45) is 5.92 Å². The summed E-state index contributed by atoms with van der Waals surface area (Å²) in [6, 6.07) is 4.89. The van der Waals surface area contributed by atoms with Crippen LogP contribution < -0.4 is 10.2 Å². The molecule has 1 aromatic carbocycles. The first-order valence-electron chi connectivity index (χ1n) is 14.6. The number of nitrogens with one attached hydrogen (secondary N) is 1. The number of anilines is 1. The average molecular weight is 597 g/mol. The molecule has 0 radical (unpaired) electrons. The number of amides is 3. The largest absolute Gasteiger partial charge is 0.416 e. The predicted octanol–water partition coefficient (Wildman–Crippen LogP) is 4.17. The fourth-order valence-corrected chi connectivity index (χ4v) is 6.44. The summed E-state index contributed by atoms with van der Waals surface area (Å²) in [4.78, 5) is 44.5. The number of ether oxygens (including phenoxy) is 1. The number of alkyl halides is 3. The predicted molar refractivity (Wildman–Crippen MR) is 147 cm³/mol. The second-order valence-electron chi connectivity index (χ2n) is 11.3. The van der Waals surface area contributed by atoms with Crippen LogP contribution in [0.3, 0.4) is 0 Å². The first kappa shape index (κ1) is 28.9. The Morgan fingerprint density at radius 1 is 1.19 bits per heavy atom. The molecule has 226 valence electrons. The minimum absolute atomic E-state index is 0.0445. The number of hydrogen-bond acceptors (Lipinski definition) is 6. The normalized spacial score (nSPS) is 22.7. The minimum atomic E-state index is -4.64. The maximum absolute atomic E-state index is 14.1. The summed E-state index contributed by atoms with van der Waals surface area (Å²) in [5, 5.41) is 17.2. The molecule has 1 saturated heterocycles. The van der Waals surface area contributed by atoms with Gasteiger partial charge in [0.15, 0.2) is 5.69 Å². The molecular weight excluding hydrogens is 565 g/mol. The van der Waals surface area contributed by atoms with Crippen LogP contribution in [-0.4, -0.2) is 64.7 Å². The second-order valence-corrected chi connectivity index (χ2v) is 11.3. The number of nitriles is 1. The Morgan fingerprint density at radius 3 is 2.58 bits per heavy atom. The summed E-state index contributed by atoms with van der Waals surface area (Å²) in [5.74, 6) is -1.83. The van der Waals surface area contributed by atoms with Gasteiger partial charge in [0.2, 0.25) is 0 Å². The fraction of sp³-hybridized carbons (Fsp3) is 0.500. The molecule has 0 bridgehead atoms. The van der Waals surface area contributed by atoms with E-state index in [4.69, 9.17) is 9.84 Å². The van der Waals surface area contributed by atoms with Crippen LogP contribution in [0.1, 0.15) is 83.0 Å². The van der Waals surface area contributed by atoms with Gasteiger partial charge in [-0.15, -0.1) is 0 Å². The zero-order valence-corrected chi connectivity index (χ0v) is 23.6. The highest BCUT2D eigenvalue weighted by Gasteiger charge is 2.52. The van der Waals surface area contributed by atoms with Crippen LogP contribution in [0.4, 0.5) is 19.0 Å². The Balaban J connectivity index is 1.45. The summed E-state index contributed by atoms with van der Waals surface area (Å²) < 4.78 is 47.4. The number of fused-ring (bicyclic) bond motifs is 1.